The lowest BCUT2D eigenvalue weighted by atomic mass is 10.1. The van der Waals surface area contributed by atoms with Crippen molar-refractivity contribution in [1.82, 2.24) is 5.32 Å². The zero-order valence-electron chi connectivity index (χ0n) is 9.42. The number of aliphatic hydroxyl groups excluding tert-OH is 1. The van der Waals surface area contributed by atoms with E-state index in [4.69, 9.17) is 0 Å². The van der Waals surface area contributed by atoms with Crippen molar-refractivity contribution in [2.75, 3.05) is 14.1 Å². The number of nitrogens with one attached hydrogen (secondary N) is 1. The van der Waals surface area contributed by atoms with Crippen LogP contribution < -0.4 is 5.32 Å². The van der Waals surface area contributed by atoms with E-state index in [0.717, 1.165) is 17.5 Å². The molecule has 0 saturated heterocycles. The number of fused-ring (bicyclic) bond motifs is 1. The molecule has 2 nitrogen and oxygen atoms in total. The maximum atomic E-state index is 12.7. The van der Waals surface area contributed by atoms with Gasteiger partial charge in [0.1, 0.15) is 5.82 Å². The molecule has 1 aliphatic rings. The van der Waals surface area contributed by atoms with Crippen molar-refractivity contribution in [2.45, 2.75) is 19.4 Å². The minimum absolute atomic E-state index is 0.213. The van der Waals surface area contributed by atoms with E-state index >= 15 is 0 Å². The molecule has 1 aromatic carbocycles. The van der Waals surface area contributed by atoms with Crippen molar-refractivity contribution in [2.24, 2.45) is 5.92 Å². The molecule has 0 aromatic heterocycles. The minimum atomic E-state index is -0.402. The third kappa shape index (κ3) is 2.76. The summed E-state index contributed by atoms with van der Waals surface area (Å²) < 4.78 is 12.7. The van der Waals surface area contributed by atoms with Gasteiger partial charge in [-0.1, -0.05) is 13.0 Å². The molecule has 1 aliphatic carbocycles. The maximum Gasteiger partial charge on any atom is 0.123 e. The Morgan fingerprint density at radius 1 is 1.40 bits per heavy atom. The Hall–Kier alpha value is -0.930. The Labute approximate surface area is 90.1 Å². The summed E-state index contributed by atoms with van der Waals surface area (Å²) in [4.78, 5) is 0. The van der Waals surface area contributed by atoms with Crippen LogP contribution in [0.2, 0.25) is 0 Å². The molecular weight excluding hydrogens is 193 g/mol. The molecule has 2 unspecified atom stereocenters. The van der Waals surface area contributed by atoms with E-state index in [-0.39, 0.29) is 11.7 Å². The fraction of sp³-hybridized carbons (Fsp3) is 0.500. The van der Waals surface area contributed by atoms with Gasteiger partial charge in [0, 0.05) is 0 Å². The molecule has 2 atom stereocenters. The monoisotopic (exact) mass is 211 g/mol. The molecule has 15 heavy (non-hydrogen) atoms. The molecule has 2 N–H and O–H groups in total. The number of rotatable bonds is 0. The molecule has 0 amide bonds. The SMILES string of the molecule is CC1Cc2cc(F)ccc2C1O.CNC. The summed E-state index contributed by atoms with van der Waals surface area (Å²) in [6.45, 7) is 1.97. The lowest BCUT2D eigenvalue weighted by Gasteiger charge is -2.07. The third-order valence-corrected chi connectivity index (χ3v) is 2.50. The van der Waals surface area contributed by atoms with Crippen molar-refractivity contribution < 1.29 is 9.50 Å². The van der Waals surface area contributed by atoms with Gasteiger partial charge < -0.3 is 10.4 Å². The molecule has 0 fully saturated rings. The molecule has 0 heterocycles. The highest BCUT2D eigenvalue weighted by Gasteiger charge is 2.27. The summed E-state index contributed by atoms with van der Waals surface area (Å²) in [6.07, 6.45) is 0.384. The second kappa shape index (κ2) is 5.24. The highest BCUT2D eigenvalue weighted by molar-refractivity contribution is 5.34. The van der Waals surface area contributed by atoms with Gasteiger partial charge in [0.2, 0.25) is 0 Å². The molecule has 0 saturated carbocycles. The van der Waals surface area contributed by atoms with Crippen LogP contribution in [0.15, 0.2) is 18.2 Å². The van der Waals surface area contributed by atoms with Gasteiger partial charge in [-0.05, 0) is 49.7 Å². The fourth-order valence-corrected chi connectivity index (χ4v) is 1.80. The highest BCUT2D eigenvalue weighted by Crippen LogP contribution is 2.35. The van der Waals surface area contributed by atoms with Crippen molar-refractivity contribution in [3.63, 3.8) is 0 Å². The molecule has 0 aliphatic heterocycles. The third-order valence-electron chi connectivity index (χ3n) is 2.50. The van der Waals surface area contributed by atoms with Crippen LogP contribution in [0.4, 0.5) is 4.39 Å². The van der Waals surface area contributed by atoms with Crippen molar-refractivity contribution in [1.29, 1.82) is 0 Å². The first kappa shape index (κ1) is 12.1. The summed E-state index contributed by atoms with van der Waals surface area (Å²) in [7, 11) is 3.75. The lowest BCUT2D eigenvalue weighted by Crippen LogP contribution is -2.00. The van der Waals surface area contributed by atoms with Gasteiger partial charge in [-0.15, -0.1) is 0 Å². The van der Waals surface area contributed by atoms with Gasteiger partial charge in [-0.25, -0.2) is 4.39 Å². The Morgan fingerprint density at radius 3 is 2.60 bits per heavy atom. The first-order valence-electron chi connectivity index (χ1n) is 5.15. The lowest BCUT2D eigenvalue weighted by molar-refractivity contribution is 0.133. The first-order chi connectivity index (χ1) is 7.10. The molecule has 84 valence electrons. The molecule has 0 radical (unpaired) electrons. The average Bonchev–Trinajstić information content (AvgIpc) is 2.43. The van der Waals surface area contributed by atoms with Crippen LogP contribution in [0.3, 0.4) is 0 Å². The summed E-state index contributed by atoms with van der Waals surface area (Å²) in [5.41, 5.74) is 1.85. The summed E-state index contributed by atoms with van der Waals surface area (Å²) >= 11 is 0. The van der Waals surface area contributed by atoms with Crippen LogP contribution in [0.25, 0.3) is 0 Å². The zero-order chi connectivity index (χ0) is 11.4. The van der Waals surface area contributed by atoms with Gasteiger partial charge in [-0.2, -0.15) is 0 Å². The topological polar surface area (TPSA) is 32.3 Å². The van der Waals surface area contributed by atoms with E-state index in [2.05, 4.69) is 5.32 Å². The van der Waals surface area contributed by atoms with Gasteiger partial charge in [-0.3, -0.25) is 0 Å². The van der Waals surface area contributed by atoms with E-state index in [1.165, 1.54) is 12.1 Å². The van der Waals surface area contributed by atoms with Crippen molar-refractivity contribution in [3.8, 4) is 0 Å². The minimum Gasteiger partial charge on any atom is -0.388 e. The summed E-state index contributed by atoms with van der Waals surface area (Å²) in [5, 5.41) is 12.4. The van der Waals surface area contributed by atoms with Gasteiger partial charge in [0.25, 0.3) is 0 Å². The smallest absolute Gasteiger partial charge is 0.123 e. The van der Waals surface area contributed by atoms with E-state index in [9.17, 15) is 9.50 Å². The van der Waals surface area contributed by atoms with Gasteiger partial charge >= 0.3 is 0 Å². The number of hydrogen-bond donors (Lipinski definition) is 2. The van der Waals surface area contributed by atoms with Crippen LogP contribution in [0, 0.1) is 11.7 Å². The normalized spacial score (nSPS) is 23.0. The molecule has 1 aromatic rings. The quantitative estimate of drug-likeness (QED) is 0.687. The highest BCUT2D eigenvalue weighted by atomic mass is 19.1. The second-order valence-electron chi connectivity index (χ2n) is 3.97. The number of halogens is 1. The van der Waals surface area contributed by atoms with Crippen LogP contribution in [-0.4, -0.2) is 19.2 Å². The van der Waals surface area contributed by atoms with E-state index in [1.807, 2.05) is 21.0 Å². The molecule has 2 rings (SSSR count). The zero-order valence-corrected chi connectivity index (χ0v) is 9.42. The average molecular weight is 211 g/mol. The van der Waals surface area contributed by atoms with Gasteiger partial charge in [0.05, 0.1) is 6.10 Å². The van der Waals surface area contributed by atoms with Crippen LogP contribution >= 0.6 is 0 Å². The molecule has 0 bridgehead atoms. The number of hydrogen-bond acceptors (Lipinski definition) is 2. The van der Waals surface area contributed by atoms with Crippen LogP contribution in [0.5, 0.6) is 0 Å². The second-order valence-corrected chi connectivity index (χ2v) is 3.97. The van der Waals surface area contributed by atoms with Crippen molar-refractivity contribution >= 4 is 0 Å². The Morgan fingerprint density at radius 2 is 2.00 bits per heavy atom. The number of benzene rings is 1. The predicted molar refractivity (Wildman–Crippen MR) is 59.2 cm³/mol. The van der Waals surface area contributed by atoms with Crippen molar-refractivity contribution in [3.05, 3.63) is 35.1 Å². The Kier molecular flexibility index (Phi) is 4.24. The van der Waals surface area contributed by atoms with Gasteiger partial charge in [0.15, 0.2) is 0 Å². The van der Waals surface area contributed by atoms with E-state index in [0.29, 0.717) is 0 Å². The largest absolute Gasteiger partial charge is 0.388 e. The molecular formula is C12H18FNO. The summed E-state index contributed by atoms with van der Waals surface area (Å²) in [5.74, 6) is 0.0110. The predicted octanol–water partition coefficient (Wildman–Crippen LogP) is 1.89. The van der Waals surface area contributed by atoms with E-state index < -0.39 is 6.10 Å². The first-order valence-corrected chi connectivity index (χ1v) is 5.15. The molecule has 3 heteroatoms. The fourth-order valence-electron chi connectivity index (χ4n) is 1.80. The maximum absolute atomic E-state index is 12.7. The van der Waals surface area contributed by atoms with Crippen LogP contribution in [0.1, 0.15) is 24.2 Å². The van der Waals surface area contributed by atoms with Crippen LogP contribution in [-0.2, 0) is 6.42 Å². The molecule has 0 spiro atoms. The van der Waals surface area contributed by atoms with E-state index in [1.54, 1.807) is 6.07 Å². The Balaban J connectivity index is 0.000000337. The summed E-state index contributed by atoms with van der Waals surface area (Å²) in [6, 6.07) is 4.60. The Bertz CT molecular complexity index is 327. The standard InChI is InChI=1S/C10H11FO.C2H7N/c1-6-4-7-5-8(11)2-3-9(7)10(6)12;1-3-2/h2-3,5-6,10,12H,4H2,1H3;3H,1-2H3. The number of aliphatic hydroxyl groups is 1.